The Morgan fingerprint density at radius 2 is 2.00 bits per heavy atom. The highest BCUT2D eigenvalue weighted by atomic mass is 19.4. The van der Waals surface area contributed by atoms with E-state index in [0.717, 1.165) is 6.07 Å². The number of hydrogen-bond acceptors (Lipinski definition) is 4. The highest BCUT2D eigenvalue weighted by molar-refractivity contribution is 5.94. The van der Waals surface area contributed by atoms with Crippen molar-refractivity contribution in [2.45, 2.75) is 20.0 Å². The molecular weight excluding hydrogens is 306 g/mol. The average molecular weight is 317 g/mol. The molecule has 0 spiro atoms. The zero-order valence-electron chi connectivity index (χ0n) is 11.6. The molecule has 2 rings (SSSR count). The van der Waals surface area contributed by atoms with Crippen LogP contribution < -0.4 is 0 Å². The topological polar surface area (TPSA) is 67.9 Å². The predicted molar refractivity (Wildman–Crippen MR) is 67.5 cm³/mol. The molecule has 1 N–H and O–H groups in total. The van der Waals surface area contributed by atoms with E-state index in [-0.39, 0.29) is 23.6 Å². The molecule has 2 aromatic rings. The third-order valence-electron chi connectivity index (χ3n) is 2.79. The molecule has 22 heavy (non-hydrogen) atoms. The summed E-state index contributed by atoms with van der Waals surface area (Å²) >= 11 is 0. The van der Waals surface area contributed by atoms with E-state index in [1.165, 1.54) is 6.92 Å². The number of carbonyl (C=O) groups excluding carboxylic acids is 1. The van der Waals surface area contributed by atoms with Crippen LogP contribution in [0.25, 0.3) is 11.3 Å². The van der Waals surface area contributed by atoms with Crippen molar-refractivity contribution in [3.8, 4) is 11.3 Å². The maximum Gasteiger partial charge on any atom is 0.419 e. The number of alkyl halides is 3. The summed E-state index contributed by atoms with van der Waals surface area (Å²) in [6.07, 6.45) is -4.86. The van der Waals surface area contributed by atoms with E-state index in [4.69, 9.17) is 4.74 Å². The quantitative estimate of drug-likeness (QED) is 0.697. The molecule has 1 aromatic heterocycles. The van der Waals surface area contributed by atoms with E-state index >= 15 is 0 Å². The van der Waals surface area contributed by atoms with Crippen LogP contribution in [0.1, 0.15) is 28.5 Å². The number of H-pyrrole nitrogens is 1. The Bertz CT molecular complexity index is 710. The summed E-state index contributed by atoms with van der Waals surface area (Å²) in [5.41, 5.74) is -2.43. The zero-order valence-corrected chi connectivity index (χ0v) is 11.6. The number of carbonyl (C=O) groups is 1. The highest BCUT2D eigenvalue weighted by Crippen LogP contribution is 2.36. The van der Waals surface area contributed by atoms with Crippen molar-refractivity contribution in [3.63, 3.8) is 0 Å². The van der Waals surface area contributed by atoms with Gasteiger partial charge in [-0.05, 0) is 31.5 Å². The number of aromatic nitrogens is 3. The van der Waals surface area contributed by atoms with Crippen LogP contribution in [-0.2, 0) is 10.9 Å². The maximum absolute atomic E-state index is 14.2. The Labute approximate surface area is 122 Å². The van der Waals surface area contributed by atoms with Gasteiger partial charge >= 0.3 is 12.1 Å². The summed E-state index contributed by atoms with van der Waals surface area (Å²) in [7, 11) is 0. The molecule has 0 fully saturated rings. The van der Waals surface area contributed by atoms with Gasteiger partial charge in [0.15, 0.2) is 5.69 Å². The Hall–Kier alpha value is -2.45. The summed E-state index contributed by atoms with van der Waals surface area (Å²) < 4.78 is 57.5. The Morgan fingerprint density at radius 3 is 2.59 bits per heavy atom. The first-order chi connectivity index (χ1) is 10.3. The molecule has 0 aliphatic heterocycles. The number of aromatic amines is 1. The number of halogens is 4. The molecule has 1 aromatic carbocycles. The lowest BCUT2D eigenvalue weighted by molar-refractivity contribution is -0.139. The van der Waals surface area contributed by atoms with Crippen molar-refractivity contribution in [3.05, 3.63) is 34.8 Å². The molecule has 0 aliphatic rings. The van der Waals surface area contributed by atoms with E-state index in [1.807, 2.05) is 0 Å². The Morgan fingerprint density at radius 1 is 1.32 bits per heavy atom. The fourth-order valence-corrected chi connectivity index (χ4v) is 1.91. The number of nitrogens with one attached hydrogen (secondary N) is 1. The summed E-state index contributed by atoms with van der Waals surface area (Å²) in [4.78, 5) is 11.7. The first-order valence-corrected chi connectivity index (χ1v) is 6.21. The standard InChI is InChI=1S/C13H11F4N3O2/c1-3-22-12(21)11-10(18-20-19-11)7-4-6(2)5-8(9(7)14)13(15,16)17/h4-5H,3H2,1-2H3,(H,18,19,20). The Kier molecular flexibility index (Phi) is 4.16. The second-order valence-electron chi connectivity index (χ2n) is 4.41. The fourth-order valence-electron chi connectivity index (χ4n) is 1.91. The maximum atomic E-state index is 14.2. The number of aryl methyl sites for hydroxylation is 1. The molecule has 1 heterocycles. The van der Waals surface area contributed by atoms with Gasteiger partial charge in [0, 0.05) is 5.56 Å². The van der Waals surface area contributed by atoms with Gasteiger partial charge < -0.3 is 4.74 Å². The summed E-state index contributed by atoms with van der Waals surface area (Å²) in [5.74, 6) is -2.42. The van der Waals surface area contributed by atoms with E-state index in [0.29, 0.717) is 6.07 Å². The van der Waals surface area contributed by atoms with Crippen LogP contribution in [0.5, 0.6) is 0 Å². The molecular formula is C13H11F4N3O2. The van der Waals surface area contributed by atoms with Gasteiger partial charge in [-0.25, -0.2) is 9.18 Å². The van der Waals surface area contributed by atoms with E-state index in [9.17, 15) is 22.4 Å². The third kappa shape index (κ3) is 2.92. The SMILES string of the molecule is CCOC(=O)c1n[nH]nc1-c1cc(C)cc(C(F)(F)F)c1F. The normalized spacial score (nSPS) is 11.5. The van der Waals surface area contributed by atoms with Crippen LogP contribution in [0.4, 0.5) is 17.6 Å². The van der Waals surface area contributed by atoms with Crippen molar-refractivity contribution >= 4 is 5.97 Å². The number of ether oxygens (including phenoxy) is 1. The van der Waals surface area contributed by atoms with Crippen LogP contribution in [0, 0.1) is 12.7 Å². The van der Waals surface area contributed by atoms with Crippen LogP contribution in [0.3, 0.4) is 0 Å². The molecule has 0 unspecified atom stereocenters. The lowest BCUT2D eigenvalue weighted by Crippen LogP contribution is -2.11. The molecule has 118 valence electrons. The van der Waals surface area contributed by atoms with Gasteiger partial charge in [-0.2, -0.15) is 23.5 Å². The molecule has 0 atom stereocenters. The van der Waals surface area contributed by atoms with Crippen LogP contribution in [0.15, 0.2) is 12.1 Å². The van der Waals surface area contributed by atoms with E-state index in [2.05, 4.69) is 15.4 Å². The molecule has 0 saturated carbocycles. The van der Waals surface area contributed by atoms with Crippen molar-refractivity contribution < 1.29 is 27.1 Å². The second kappa shape index (κ2) is 5.74. The van der Waals surface area contributed by atoms with Gasteiger partial charge in [0.05, 0.1) is 12.2 Å². The number of esters is 1. The summed E-state index contributed by atoms with van der Waals surface area (Å²) in [5, 5.41) is 9.18. The van der Waals surface area contributed by atoms with Crippen LogP contribution in [0.2, 0.25) is 0 Å². The molecule has 5 nitrogen and oxygen atoms in total. The molecule has 0 aliphatic carbocycles. The van der Waals surface area contributed by atoms with Crippen molar-refractivity contribution in [2.24, 2.45) is 0 Å². The van der Waals surface area contributed by atoms with Crippen molar-refractivity contribution in [2.75, 3.05) is 6.61 Å². The summed E-state index contributed by atoms with van der Waals surface area (Å²) in [6, 6.07) is 1.84. The van der Waals surface area contributed by atoms with Gasteiger partial charge in [-0.15, -0.1) is 5.10 Å². The molecule has 0 radical (unpaired) electrons. The van der Waals surface area contributed by atoms with Crippen LogP contribution in [-0.4, -0.2) is 28.0 Å². The monoisotopic (exact) mass is 317 g/mol. The van der Waals surface area contributed by atoms with Crippen molar-refractivity contribution in [1.29, 1.82) is 0 Å². The van der Waals surface area contributed by atoms with Gasteiger partial charge in [0.2, 0.25) is 0 Å². The molecule has 0 bridgehead atoms. The van der Waals surface area contributed by atoms with Gasteiger partial charge in [-0.3, -0.25) is 0 Å². The number of rotatable bonds is 3. The molecule has 0 amide bonds. The highest BCUT2D eigenvalue weighted by Gasteiger charge is 2.36. The first-order valence-electron chi connectivity index (χ1n) is 6.21. The number of hydrogen-bond donors (Lipinski definition) is 1. The second-order valence-corrected chi connectivity index (χ2v) is 4.41. The average Bonchev–Trinajstić information content (AvgIpc) is 2.89. The van der Waals surface area contributed by atoms with Crippen molar-refractivity contribution in [1.82, 2.24) is 15.4 Å². The Balaban J connectivity index is 2.62. The molecule has 0 saturated heterocycles. The van der Waals surface area contributed by atoms with Gasteiger partial charge in [0.25, 0.3) is 0 Å². The largest absolute Gasteiger partial charge is 0.461 e. The molecule has 9 heteroatoms. The first kappa shape index (κ1) is 15.9. The third-order valence-corrected chi connectivity index (χ3v) is 2.79. The fraction of sp³-hybridized carbons (Fsp3) is 0.308. The van der Waals surface area contributed by atoms with E-state index in [1.54, 1.807) is 6.92 Å². The number of benzene rings is 1. The predicted octanol–water partition coefficient (Wildman–Crippen LogP) is 3.11. The van der Waals surface area contributed by atoms with Gasteiger partial charge in [0.1, 0.15) is 11.5 Å². The lowest BCUT2D eigenvalue weighted by atomic mass is 10.0. The van der Waals surface area contributed by atoms with Gasteiger partial charge in [-0.1, -0.05) is 0 Å². The zero-order chi connectivity index (χ0) is 16.5. The minimum absolute atomic E-state index is 0.0369. The minimum atomic E-state index is -4.86. The lowest BCUT2D eigenvalue weighted by Gasteiger charge is -2.12. The summed E-state index contributed by atoms with van der Waals surface area (Å²) in [6.45, 7) is 2.96. The van der Waals surface area contributed by atoms with Crippen LogP contribution >= 0.6 is 0 Å². The minimum Gasteiger partial charge on any atom is -0.461 e. The van der Waals surface area contributed by atoms with E-state index < -0.39 is 29.1 Å². The number of nitrogens with zero attached hydrogens (tertiary/aromatic N) is 2. The smallest absolute Gasteiger partial charge is 0.419 e.